The number of ether oxygens (including phenoxy) is 1. The van der Waals surface area contributed by atoms with Gasteiger partial charge in [0, 0.05) is 50.3 Å². The first-order valence-electron chi connectivity index (χ1n) is 14.0. The van der Waals surface area contributed by atoms with Crippen LogP contribution in [0.5, 0.6) is 5.75 Å². The number of carbonyl (C=O) groups excluding carboxylic acids is 1. The minimum Gasteiger partial charge on any atom is -0.485 e. The van der Waals surface area contributed by atoms with Crippen LogP contribution in [0.25, 0.3) is 11.4 Å². The van der Waals surface area contributed by atoms with Crippen molar-refractivity contribution in [2.24, 2.45) is 5.92 Å². The Morgan fingerprint density at radius 1 is 1.05 bits per heavy atom. The lowest BCUT2D eigenvalue weighted by Crippen LogP contribution is -2.48. The van der Waals surface area contributed by atoms with E-state index in [1.165, 1.54) is 5.56 Å². The smallest absolute Gasteiger partial charge is 0.255 e. The van der Waals surface area contributed by atoms with Gasteiger partial charge >= 0.3 is 0 Å². The maximum absolute atomic E-state index is 13.8. The van der Waals surface area contributed by atoms with E-state index in [1.807, 2.05) is 41.3 Å². The number of thiazole rings is 1. The molecule has 1 saturated heterocycles. The normalized spacial score (nSPS) is 14.2. The van der Waals surface area contributed by atoms with Crippen molar-refractivity contribution in [2.75, 3.05) is 26.2 Å². The highest BCUT2D eigenvalue weighted by molar-refractivity contribution is 7.09. The van der Waals surface area contributed by atoms with Crippen LogP contribution in [-0.4, -0.2) is 51.4 Å². The molecule has 4 aromatic rings. The molecule has 0 N–H and O–H groups in total. The van der Waals surface area contributed by atoms with Gasteiger partial charge in [-0.2, -0.15) is 0 Å². The average Bonchev–Trinajstić information content (AvgIpc) is 3.56. The van der Waals surface area contributed by atoms with E-state index in [1.54, 1.807) is 11.3 Å². The monoisotopic (exact) mass is 576 g/mol. The summed E-state index contributed by atoms with van der Waals surface area (Å²) >= 11 is 7.81. The van der Waals surface area contributed by atoms with Gasteiger partial charge in [0.25, 0.3) is 5.91 Å². The SMILES string of the molecule is Cc1c(C(=O)N2CCN(Cc3ccccc3)CC2)cc(-c2csc(COc3ccccc3Cl)n2)n1CCC(C)C. The molecule has 1 aliphatic rings. The quantitative estimate of drug-likeness (QED) is 0.201. The third kappa shape index (κ3) is 6.77. The van der Waals surface area contributed by atoms with E-state index in [2.05, 4.69) is 59.9 Å². The fourth-order valence-electron chi connectivity index (χ4n) is 5.07. The molecule has 0 atom stereocenters. The van der Waals surface area contributed by atoms with Crippen LogP contribution < -0.4 is 4.74 Å². The lowest BCUT2D eigenvalue weighted by molar-refractivity contribution is 0.0627. The summed E-state index contributed by atoms with van der Waals surface area (Å²) in [6.07, 6.45) is 1.03. The zero-order valence-corrected chi connectivity index (χ0v) is 25.0. The maximum Gasteiger partial charge on any atom is 0.255 e. The van der Waals surface area contributed by atoms with Crippen LogP contribution in [0.1, 0.15) is 46.9 Å². The lowest BCUT2D eigenvalue weighted by Gasteiger charge is -2.34. The number of aromatic nitrogens is 2. The third-order valence-electron chi connectivity index (χ3n) is 7.44. The van der Waals surface area contributed by atoms with E-state index in [4.69, 9.17) is 21.3 Å². The molecule has 0 saturated carbocycles. The number of piperazine rings is 1. The second-order valence-electron chi connectivity index (χ2n) is 10.8. The van der Waals surface area contributed by atoms with E-state index in [0.29, 0.717) is 23.3 Å². The summed E-state index contributed by atoms with van der Waals surface area (Å²) in [6, 6.07) is 20.0. The van der Waals surface area contributed by atoms with Crippen LogP contribution in [0.3, 0.4) is 0 Å². The van der Waals surface area contributed by atoms with E-state index < -0.39 is 0 Å². The van der Waals surface area contributed by atoms with Crippen LogP contribution in [-0.2, 0) is 19.7 Å². The number of rotatable bonds is 10. The molecule has 0 spiro atoms. The Bertz CT molecular complexity index is 1420. The molecular weight excluding hydrogens is 540 g/mol. The van der Waals surface area contributed by atoms with Crippen molar-refractivity contribution in [3.8, 4) is 17.1 Å². The lowest BCUT2D eigenvalue weighted by atomic mass is 10.1. The summed E-state index contributed by atoms with van der Waals surface area (Å²) in [4.78, 5) is 23.1. The summed E-state index contributed by atoms with van der Waals surface area (Å²) in [5.74, 6) is 1.31. The van der Waals surface area contributed by atoms with E-state index in [0.717, 1.165) is 73.3 Å². The second kappa shape index (κ2) is 13.0. The maximum atomic E-state index is 13.8. The first-order chi connectivity index (χ1) is 19.4. The van der Waals surface area contributed by atoms with Gasteiger partial charge in [-0.1, -0.05) is 67.9 Å². The molecule has 0 bridgehead atoms. The van der Waals surface area contributed by atoms with Crippen LogP contribution in [0.2, 0.25) is 5.02 Å². The number of benzene rings is 2. The molecule has 3 heterocycles. The largest absolute Gasteiger partial charge is 0.485 e. The van der Waals surface area contributed by atoms with Crippen molar-refractivity contribution in [1.29, 1.82) is 0 Å². The summed E-state index contributed by atoms with van der Waals surface area (Å²) in [7, 11) is 0. The number of para-hydroxylation sites is 1. The summed E-state index contributed by atoms with van der Waals surface area (Å²) < 4.78 is 8.19. The molecule has 6 nitrogen and oxygen atoms in total. The Balaban J connectivity index is 1.31. The summed E-state index contributed by atoms with van der Waals surface area (Å²) in [5, 5.41) is 3.51. The predicted octanol–water partition coefficient (Wildman–Crippen LogP) is 7.16. The number of hydrogen-bond donors (Lipinski definition) is 0. The minimum atomic E-state index is 0.110. The predicted molar refractivity (Wildman–Crippen MR) is 163 cm³/mol. The van der Waals surface area contributed by atoms with Gasteiger partial charge in [0.1, 0.15) is 17.4 Å². The zero-order chi connectivity index (χ0) is 28.1. The molecule has 1 aliphatic heterocycles. The molecule has 0 radical (unpaired) electrons. The molecule has 0 aliphatic carbocycles. The highest BCUT2D eigenvalue weighted by Gasteiger charge is 2.27. The van der Waals surface area contributed by atoms with Crippen molar-refractivity contribution >= 4 is 28.8 Å². The fourth-order valence-corrected chi connectivity index (χ4v) is 5.96. The van der Waals surface area contributed by atoms with Crippen molar-refractivity contribution in [1.82, 2.24) is 19.4 Å². The second-order valence-corrected chi connectivity index (χ2v) is 12.1. The number of hydrogen-bond acceptors (Lipinski definition) is 5. The molecule has 1 fully saturated rings. The van der Waals surface area contributed by atoms with Crippen LogP contribution in [0.15, 0.2) is 66.0 Å². The molecular formula is C32H37ClN4O2S. The summed E-state index contributed by atoms with van der Waals surface area (Å²) in [5.41, 5.74) is 4.96. The highest BCUT2D eigenvalue weighted by Crippen LogP contribution is 2.30. The molecule has 1 amide bonds. The Morgan fingerprint density at radius 3 is 2.50 bits per heavy atom. The third-order valence-corrected chi connectivity index (χ3v) is 8.57. The van der Waals surface area contributed by atoms with Gasteiger partial charge in [0.05, 0.1) is 22.0 Å². The van der Waals surface area contributed by atoms with Crippen molar-refractivity contribution in [3.05, 3.63) is 92.9 Å². The van der Waals surface area contributed by atoms with Crippen molar-refractivity contribution < 1.29 is 9.53 Å². The van der Waals surface area contributed by atoms with E-state index in [-0.39, 0.29) is 5.91 Å². The molecule has 2 aromatic carbocycles. The van der Waals surface area contributed by atoms with Crippen molar-refractivity contribution in [2.45, 2.75) is 46.9 Å². The van der Waals surface area contributed by atoms with Gasteiger partial charge in [-0.25, -0.2) is 4.98 Å². The Hall–Kier alpha value is -3.13. The highest BCUT2D eigenvalue weighted by atomic mass is 35.5. The molecule has 5 rings (SSSR count). The molecule has 0 unspecified atom stereocenters. The van der Waals surface area contributed by atoms with Gasteiger partial charge in [-0.05, 0) is 43.0 Å². The van der Waals surface area contributed by atoms with Gasteiger partial charge in [-0.3, -0.25) is 9.69 Å². The standard InChI is InChI=1S/C32H37ClN4O2S/c1-23(2)13-14-37-24(3)26(32(38)36-17-15-35(16-18-36)20-25-9-5-4-6-10-25)19-29(37)28-22-40-31(34-28)21-39-30-12-8-7-11-27(30)33/h4-12,19,22-23H,13-18,20-21H2,1-3H3. The van der Waals surface area contributed by atoms with Crippen LogP contribution in [0, 0.1) is 12.8 Å². The first kappa shape index (κ1) is 28.4. The Kier molecular flexibility index (Phi) is 9.25. The van der Waals surface area contributed by atoms with E-state index in [9.17, 15) is 4.79 Å². The summed E-state index contributed by atoms with van der Waals surface area (Å²) in [6.45, 7) is 11.9. The number of amides is 1. The van der Waals surface area contributed by atoms with Crippen molar-refractivity contribution in [3.63, 3.8) is 0 Å². The first-order valence-corrected chi connectivity index (χ1v) is 15.2. The molecule has 210 valence electrons. The Morgan fingerprint density at radius 2 is 1.77 bits per heavy atom. The molecule has 8 heteroatoms. The molecule has 40 heavy (non-hydrogen) atoms. The average molecular weight is 577 g/mol. The van der Waals surface area contributed by atoms with Gasteiger partial charge < -0.3 is 14.2 Å². The number of nitrogens with zero attached hydrogens (tertiary/aromatic N) is 4. The van der Waals surface area contributed by atoms with E-state index >= 15 is 0 Å². The number of carbonyl (C=O) groups is 1. The van der Waals surface area contributed by atoms with Gasteiger partial charge in [0.2, 0.25) is 0 Å². The van der Waals surface area contributed by atoms with Gasteiger partial charge in [-0.15, -0.1) is 11.3 Å². The topological polar surface area (TPSA) is 50.6 Å². The van der Waals surface area contributed by atoms with Crippen LogP contribution in [0.4, 0.5) is 0 Å². The van der Waals surface area contributed by atoms with Gasteiger partial charge in [0.15, 0.2) is 0 Å². The number of halogens is 1. The zero-order valence-electron chi connectivity index (χ0n) is 23.5. The fraction of sp³-hybridized carbons (Fsp3) is 0.375. The Labute approximate surface area is 246 Å². The van der Waals surface area contributed by atoms with Crippen LogP contribution >= 0.6 is 22.9 Å². The molecule has 2 aromatic heterocycles. The minimum absolute atomic E-state index is 0.110.